The van der Waals surface area contributed by atoms with E-state index in [1.54, 1.807) is 0 Å². The minimum atomic E-state index is -3.81. The van der Waals surface area contributed by atoms with Gasteiger partial charge in [-0.05, 0) is 12.1 Å². The Morgan fingerprint density at radius 3 is 2.94 bits per heavy atom. The fourth-order valence-corrected chi connectivity index (χ4v) is 3.37. The van der Waals surface area contributed by atoms with E-state index in [1.807, 2.05) is 0 Å². The highest BCUT2D eigenvalue weighted by molar-refractivity contribution is 7.89. The molecule has 7 nitrogen and oxygen atoms in total. The van der Waals surface area contributed by atoms with Crippen LogP contribution in [0.5, 0.6) is 0 Å². The van der Waals surface area contributed by atoms with Crippen LogP contribution in [0.3, 0.4) is 0 Å². The maximum atomic E-state index is 12.3. The van der Waals surface area contributed by atoms with Gasteiger partial charge in [0.05, 0.1) is 0 Å². The fraction of sp³-hybridized carbons (Fsp3) is 0.400. The second-order valence-corrected chi connectivity index (χ2v) is 5.75. The number of pyridine rings is 1. The van der Waals surface area contributed by atoms with E-state index < -0.39 is 22.0 Å². The highest BCUT2D eigenvalue weighted by Crippen LogP contribution is 2.18. The molecule has 0 aliphatic carbocycles. The zero-order chi connectivity index (χ0) is 13.2. The lowest BCUT2D eigenvalue weighted by molar-refractivity contribution is -0.141. The lowest BCUT2D eigenvalue weighted by Crippen LogP contribution is -2.56. The van der Waals surface area contributed by atoms with E-state index >= 15 is 0 Å². The first-order valence-electron chi connectivity index (χ1n) is 5.39. The third-order valence-corrected chi connectivity index (χ3v) is 4.61. The van der Waals surface area contributed by atoms with Gasteiger partial charge in [0.15, 0.2) is 0 Å². The second-order valence-electron chi connectivity index (χ2n) is 3.86. The molecule has 1 saturated heterocycles. The molecule has 18 heavy (non-hydrogen) atoms. The van der Waals surface area contributed by atoms with Crippen molar-refractivity contribution in [1.82, 2.24) is 14.6 Å². The number of piperazine rings is 1. The van der Waals surface area contributed by atoms with Gasteiger partial charge in [0, 0.05) is 32.0 Å². The highest BCUT2D eigenvalue weighted by atomic mass is 32.2. The molecule has 1 aliphatic rings. The van der Waals surface area contributed by atoms with E-state index in [1.165, 1.54) is 24.5 Å². The summed E-state index contributed by atoms with van der Waals surface area (Å²) in [6, 6.07) is 1.83. The molecule has 0 saturated carbocycles. The third kappa shape index (κ3) is 2.35. The summed E-state index contributed by atoms with van der Waals surface area (Å²) in [5.41, 5.74) is 0. The molecule has 0 aromatic carbocycles. The van der Waals surface area contributed by atoms with E-state index in [9.17, 15) is 13.2 Å². The van der Waals surface area contributed by atoms with Gasteiger partial charge in [-0.15, -0.1) is 0 Å². The van der Waals surface area contributed by atoms with E-state index in [4.69, 9.17) is 5.11 Å². The molecule has 8 heteroatoms. The first-order chi connectivity index (χ1) is 8.53. The number of carboxylic acid groups (broad SMARTS) is 1. The van der Waals surface area contributed by atoms with Gasteiger partial charge in [0.1, 0.15) is 10.9 Å². The van der Waals surface area contributed by atoms with Gasteiger partial charge in [0.2, 0.25) is 10.0 Å². The average molecular weight is 271 g/mol. The summed E-state index contributed by atoms with van der Waals surface area (Å²) in [5, 5.41) is 11.9. The number of hydrogen-bond donors (Lipinski definition) is 2. The van der Waals surface area contributed by atoms with Crippen LogP contribution in [-0.2, 0) is 14.8 Å². The molecule has 1 aliphatic heterocycles. The Balaban J connectivity index is 2.36. The maximum absolute atomic E-state index is 12.3. The quantitative estimate of drug-likeness (QED) is 0.741. The lowest BCUT2D eigenvalue weighted by atomic mass is 10.2. The van der Waals surface area contributed by atoms with Crippen LogP contribution in [0.1, 0.15) is 0 Å². The summed E-state index contributed by atoms with van der Waals surface area (Å²) in [6.07, 6.45) is 2.68. The predicted octanol–water partition coefficient (Wildman–Crippen LogP) is -0.871. The largest absolute Gasteiger partial charge is 0.480 e. The Hall–Kier alpha value is -1.51. The van der Waals surface area contributed by atoms with Crippen LogP contribution in [0, 0.1) is 0 Å². The molecule has 1 fully saturated rings. The molecule has 0 radical (unpaired) electrons. The molecule has 2 heterocycles. The molecular formula is C10H13N3O4S. The minimum Gasteiger partial charge on any atom is -0.480 e. The van der Waals surface area contributed by atoms with Gasteiger partial charge in [-0.3, -0.25) is 9.78 Å². The monoisotopic (exact) mass is 271 g/mol. The number of carbonyl (C=O) groups is 1. The molecule has 1 atom stereocenters. The standard InChI is InChI=1S/C10H13N3O4S/c14-10(15)9-7-12-4-5-13(9)18(16,17)8-2-1-3-11-6-8/h1-3,6,9,12H,4-5,7H2,(H,14,15). The first-order valence-corrected chi connectivity index (χ1v) is 6.83. The van der Waals surface area contributed by atoms with Crippen molar-refractivity contribution < 1.29 is 18.3 Å². The summed E-state index contributed by atoms with van der Waals surface area (Å²) in [4.78, 5) is 14.8. The minimum absolute atomic E-state index is 0.0122. The lowest BCUT2D eigenvalue weighted by Gasteiger charge is -2.32. The maximum Gasteiger partial charge on any atom is 0.323 e. The zero-order valence-electron chi connectivity index (χ0n) is 9.48. The Labute approximate surface area is 104 Å². The molecule has 2 N–H and O–H groups in total. The van der Waals surface area contributed by atoms with Crippen LogP contribution in [-0.4, -0.2) is 54.5 Å². The van der Waals surface area contributed by atoms with Crippen LogP contribution in [0.4, 0.5) is 0 Å². The van der Waals surface area contributed by atoms with E-state index in [0.717, 1.165) is 4.31 Å². The van der Waals surface area contributed by atoms with Crippen molar-refractivity contribution in [2.24, 2.45) is 0 Å². The van der Waals surface area contributed by atoms with Crippen molar-refractivity contribution >= 4 is 16.0 Å². The smallest absolute Gasteiger partial charge is 0.323 e. The van der Waals surface area contributed by atoms with Gasteiger partial charge in [0.25, 0.3) is 0 Å². The fourth-order valence-electron chi connectivity index (χ4n) is 1.82. The average Bonchev–Trinajstić information content (AvgIpc) is 2.39. The van der Waals surface area contributed by atoms with Gasteiger partial charge in [-0.25, -0.2) is 8.42 Å². The van der Waals surface area contributed by atoms with Crippen molar-refractivity contribution in [2.45, 2.75) is 10.9 Å². The Morgan fingerprint density at radius 2 is 2.33 bits per heavy atom. The van der Waals surface area contributed by atoms with Gasteiger partial charge in [-0.1, -0.05) is 0 Å². The van der Waals surface area contributed by atoms with Crippen LogP contribution < -0.4 is 5.32 Å². The summed E-state index contributed by atoms with van der Waals surface area (Å²) < 4.78 is 25.6. The van der Waals surface area contributed by atoms with Crippen molar-refractivity contribution in [3.05, 3.63) is 24.5 Å². The van der Waals surface area contributed by atoms with E-state index in [-0.39, 0.29) is 18.0 Å². The Morgan fingerprint density at radius 1 is 1.56 bits per heavy atom. The Bertz CT molecular complexity index is 531. The van der Waals surface area contributed by atoms with Crippen LogP contribution in [0.15, 0.2) is 29.4 Å². The van der Waals surface area contributed by atoms with E-state index in [0.29, 0.717) is 6.54 Å². The van der Waals surface area contributed by atoms with Crippen molar-refractivity contribution in [2.75, 3.05) is 19.6 Å². The highest BCUT2D eigenvalue weighted by Gasteiger charge is 2.37. The number of rotatable bonds is 3. The van der Waals surface area contributed by atoms with Crippen LogP contribution in [0.2, 0.25) is 0 Å². The summed E-state index contributed by atoms with van der Waals surface area (Å²) in [7, 11) is -3.81. The van der Waals surface area contributed by atoms with Crippen LogP contribution in [0.25, 0.3) is 0 Å². The second kappa shape index (κ2) is 5.01. The van der Waals surface area contributed by atoms with Crippen molar-refractivity contribution in [3.8, 4) is 0 Å². The molecule has 2 rings (SSSR count). The van der Waals surface area contributed by atoms with Gasteiger partial charge >= 0.3 is 5.97 Å². The molecule has 1 aromatic heterocycles. The van der Waals surface area contributed by atoms with Gasteiger partial charge < -0.3 is 10.4 Å². The molecule has 98 valence electrons. The predicted molar refractivity (Wildman–Crippen MR) is 62.4 cm³/mol. The normalized spacial score (nSPS) is 21.7. The zero-order valence-corrected chi connectivity index (χ0v) is 10.3. The van der Waals surface area contributed by atoms with Crippen LogP contribution >= 0.6 is 0 Å². The van der Waals surface area contributed by atoms with Crippen molar-refractivity contribution in [1.29, 1.82) is 0 Å². The topological polar surface area (TPSA) is 99.6 Å². The third-order valence-electron chi connectivity index (χ3n) is 2.72. The molecular weight excluding hydrogens is 258 g/mol. The summed E-state index contributed by atoms with van der Waals surface area (Å²) in [6.45, 7) is 0.673. The number of sulfonamides is 1. The number of nitrogens with one attached hydrogen (secondary N) is 1. The SMILES string of the molecule is O=C(O)C1CNCCN1S(=O)(=O)c1cccnc1. The summed E-state index contributed by atoms with van der Waals surface area (Å²) >= 11 is 0. The molecule has 1 unspecified atom stereocenters. The van der Waals surface area contributed by atoms with E-state index in [2.05, 4.69) is 10.3 Å². The van der Waals surface area contributed by atoms with Crippen molar-refractivity contribution in [3.63, 3.8) is 0 Å². The Kier molecular flexibility index (Phi) is 3.60. The first kappa shape index (κ1) is 12.9. The number of nitrogens with zero attached hydrogens (tertiary/aromatic N) is 2. The van der Waals surface area contributed by atoms with Gasteiger partial charge in [-0.2, -0.15) is 4.31 Å². The number of aliphatic carboxylic acids is 1. The molecule has 1 aromatic rings. The molecule has 0 spiro atoms. The number of aromatic nitrogens is 1. The summed E-state index contributed by atoms with van der Waals surface area (Å²) in [5.74, 6) is -1.16. The molecule has 0 amide bonds. The number of carboxylic acids is 1. The molecule has 0 bridgehead atoms. The number of hydrogen-bond acceptors (Lipinski definition) is 5.